The highest BCUT2D eigenvalue weighted by molar-refractivity contribution is 6.02. The van der Waals surface area contributed by atoms with E-state index in [-0.39, 0.29) is 5.91 Å². The summed E-state index contributed by atoms with van der Waals surface area (Å²) in [6.45, 7) is 2.56. The van der Waals surface area contributed by atoms with Crippen molar-refractivity contribution in [3.05, 3.63) is 54.1 Å². The van der Waals surface area contributed by atoms with Gasteiger partial charge < -0.3 is 19.5 Å². The Balaban J connectivity index is 2.04. The molecule has 2 rings (SSSR count). The molecule has 0 saturated carbocycles. The van der Waals surface area contributed by atoms with Gasteiger partial charge in [0.15, 0.2) is 0 Å². The molecule has 2 aromatic carbocycles. The van der Waals surface area contributed by atoms with Crippen LogP contribution in [0.5, 0.6) is 17.2 Å². The van der Waals surface area contributed by atoms with Crippen LogP contribution in [0.1, 0.15) is 12.5 Å². The Morgan fingerprint density at radius 1 is 1.04 bits per heavy atom. The van der Waals surface area contributed by atoms with Gasteiger partial charge in [-0.05, 0) is 42.8 Å². The van der Waals surface area contributed by atoms with Crippen LogP contribution in [0.2, 0.25) is 0 Å². The Hall–Kier alpha value is -2.95. The second-order valence-corrected chi connectivity index (χ2v) is 4.89. The van der Waals surface area contributed by atoms with E-state index < -0.39 is 0 Å². The molecule has 0 unspecified atom stereocenters. The zero-order chi connectivity index (χ0) is 17.4. The summed E-state index contributed by atoms with van der Waals surface area (Å²) in [7, 11) is 3.12. The molecule has 1 N–H and O–H groups in total. The normalized spacial score (nSPS) is 10.5. The summed E-state index contributed by atoms with van der Waals surface area (Å²) in [6.07, 6.45) is 3.20. The Morgan fingerprint density at radius 3 is 2.38 bits per heavy atom. The predicted octanol–water partition coefficient (Wildman–Crippen LogP) is 3.75. The molecule has 0 spiro atoms. The van der Waals surface area contributed by atoms with Gasteiger partial charge in [0, 0.05) is 12.1 Å². The molecule has 126 valence electrons. The van der Waals surface area contributed by atoms with Gasteiger partial charge in [-0.1, -0.05) is 12.1 Å². The molecule has 0 atom stereocenters. The molecule has 0 bridgehead atoms. The number of hydrogen-bond donors (Lipinski definition) is 1. The van der Waals surface area contributed by atoms with Gasteiger partial charge in [-0.15, -0.1) is 0 Å². The third kappa shape index (κ3) is 4.78. The summed E-state index contributed by atoms with van der Waals surface area (Å²) in [5, 5.41) is 2.78. The van der Waals surface area contributed by atoms with Crippen molar-refractivity contribution in [1.29, 1.82) is 0 Å². The minimum Gasteiger partial charge on any atom is -0.497 e. The van der Waals surface area contributed by atoms with Gasteiger partial charge >= 0.3 is 0 Å². The Bertz CT molecular complexity index is 708. The SMILES string of the molecule is CCOc1ccc(C=CC(=O)Nc2cc(OC)ccc2OC)cc1. The number of carbonyl (C=O) groups excluding carboxylic acids is 1. The van der Waals surface area contributed by atoms with Gasteiger partial charge in [-0.3, -0.25) is 4.79 Å². The van der Waals surface area contributed by atoms with Crippen molar-refractivity contribution in [2.24, 2.45) is 0 Å². The maximum atomic E-state index is 12.1. The summed E-state index contributed by atoms with van der Waals surface area (Å²) >= 11 is 0. The standard InChI is InChI=1S/C19H21NO4/c1-4-24-15-8-5-14(6-9-15)7-12-19(21)20-17-13-16(22-2)10-11-18(17)23-3/h5-13H,4H2,1-3H3,(H,20,21). The van der Waals surface area contributed by atoms with E-state index in [2.05, 4.69) is 5.32 Å². The molecule has 5 nitrogen and oxygen atoms in total. The first-order valence-corrected chi connectivity index (χ1v) is 7.60. The number of carbonyl (C=O) groups is 1. The van der Waals surface area contributed by atoms with E-state index in [1.807, 2.05) is 31.2 Å². The van der Waals surface area contributed by atoms with Crippen LogP contribution in [-0.2, 0) is 4.79 Å². The van der Waals surface area contributed by atoms with Crippen molar-refractivity contribution >= 4 is 17.7 Å². The molecule has 0 aliphatic carbocycles. The molecule has 2 aromatic rings. The van der Waals surface area contributed by atoms with E-state index in [4.69, 9.17) is 14.2 Å². The van der Waals surface area contributed by atoms with Crippen LogP contribution in [0, 0.1) is 0 Å². The lowest BCUT2D eigenvalue weighted by atomic mass is 10.2. The monoisotopic (exact) mass is 327 g/mol. The van der Waals surface area contributed by atoms with Crippen LogP contribution < -0.4 is 19.5 Å². The largest absolute Gasteiger partial charge is 0.497 e. The Kier molecular flexibility index (Phi) is 6.25. The number of benzene rings is 2. The van der Waals surface area contributed by atoms with Crippen LogP contribution >= 0.6 is 0 Å². The molecule has 5 heteroatoms. The van der Waals surface area contributed by atoms with E-state index in [0.29, 0.717) is 23.8 Å². The average Bonchev–Trinajstić information content (AvgIpc) is 2.61. The first-order valence-electron chi connectivity index (χ1n) is 7.60. The fraction of sp³-hybridized carbons (Fsp3) is 0.211. The summed E-state index contributed by atoms with van der Waals surface area (Å²) in [5.74, 6) is 1.76. The van der Waals surface area contributed by atoms with Gasteiger partial charge in [0.05, 0.1) is 26.5 Å². The van der Waals surface area contributed by atoms with Crippen molar-refractivity contribution in [2.75, 3.05) is 26.1 Å². The Labute approximate surface area is 141 Å². The summed E-state index contributed by atoms with van der Waals surface area (Å²) in [6, 6.07) is 12.7. The highest BCUT2D eigenvalue weighted by Crippen LogP contribution is 2.28. The zero-order valence-corrected chi connectivity index (χ0v) is 14.0. The minimum absolute atomic E-state index is 0.254. The van der Waals surface area contributed by atoms with Crippen molar-refractivity contribution in [1.82, 2.24) is 0 Å². The number of nitrogens with one attached hydrogen (secondary N) is 1. The second-order valence-electron chi connectivity index (χ2n) is 4.89. The summed E-state index contributed by atoms with van der Waals surface area (Å²) in [4.78, 5) is 12.1. The molecule has 0 saturated heterocycles. The molecule has 0 aliphatic rings. The average molecular weight is 327 g/mol. The highest BCUT2D eigenvalue weighted by atomic mass is 16.5. The van der Waals surface area contributed by atoms with Crippen molar-refractivity contribution < 1.29 is 19.0 Å². The first kappa shape index (κ1) is 17.4. The van der Waals surface area contributed by atoms with Crippen LogP contribution in [0.3, 0.4) is 0 Å². The molecule has 0 aromatic heterocycles. The zero-order valence-electron chi connectivity index (χ0n) is 14.0. The molecular formula is C19H21NO4. The van der Waals surface area contributed by atoms with E-state index in [1.54, 1.807) is 38.5 Å². The number of hydrogen-bond acceptors (Lipinski definition) is 4. The molecule has 0 fully saturated rings. The maximum absolute atomic E-state index is 12.1. The van der Waals surface area contributed by atoms with E-state index >= 15 is 0 Å². The fourth-order valence-electron chi connectivity index (χ4n) is 2.10. The van der Waals surface area contributed by atoms with Gasteiger partial charge in [-0.2, -0.15) is 0 Å². The van der Waals surface area contributed by atoms with Gasteiger partial charge in [0.25, 0.3) is 0 Å². The highest BCUT2D eigenvalue weighted by Gasteiger charge is 2.07. The van der Waals surface area contributed by atoms with Gasteiger partial charge in [0.2, 0.25) is 5.91 Å². The van der Waals surface area contributed by atoms with E-state index in [1.165, 1.54) is 6.08 Å². The lowest BCUT2D eigenvalue weighted by molar-refractivity contribution is -0.111. The van der Waals surface area contributed by atoms with Crippen LogP contribution in [-0.4, -0.2) is 26.7 Å². The third-order valence-corrected chi connectivity index (χ3v) is 3.28. The fourth-order valence-corrected chi connectivity index (χ4v) is 2.10. The lowest BCUT2D eigenvalue weighted by Crippen LogP contribution is -2.09. The number of ether oxygens (including phenoxy) is 3. The number of methoxy groups -OCH3 is 2. The minimum atomic E-state index is -0.254. The smallest absolute Gasteiger partial charge is 0.248 e. The van der Waals surface area contributed by atoms with Crippen LogP contribution in [0.4, 0.5) is 5.69 Å². The number of anilines is 1. The second kappa shape index (κ2) is 8.62. The van der Waals surface area contributed by atoms with Gasteiger partial charge in [-0.25, -0.2) is 0 Å². The van der Waals surface area contributed by atoms with Crippen molar-refractivity contribution in [3.8, 4) is 17.2 Å². The van der Waals surface area contributed by atoms with Crippen LogP contribution in [0.15, 0.2) is 48.5 Å². The molecule has 0 radical (unpaired) electrons. The lowest BCUT2D eigenvalue weighted by Gasteiger charge is -2.10. The Morgan fingerprint density at radius 2 is 1.75 bits per heavy atom. The van der Waals surface area contributed by atoms with Gasteiger partial charge in [0.1, 0.15) is 17.2 Å². The first-order chi connectivity index (χ1) is 11.7. The van der Waals surface area contributed by atoms with Crippen molar-refractivity contribution in [2.45, 2.75) is 6.92 Å². The quantitative estimate of drug-likeness (QED) is 0.787. The molecule has 0 aliphatic heterocycles. The molecular weight excluding hydrogens is 306 g/mol. The molecule has 0 heterocycles. The number of amides is 1. The van der Waals surface area contributed by atoms with E-state index in [0.717, 1.165) is 11.3 Å². The van der Waals surface area contributed by atoms with Crippen molar-refractivity contribution in [3.63, 3.8) is 0 Å². The molecule has 1 amide bonds. The maximum Gasteiger partial charge on any atom is 0.248 e. The third-order valence-electron chi connectivity index (χ3n) is 3.28. The van der Waals surface area contributed by atoms with E-state index in [9.17, 15) is 4.79 Å². The van der Waals surface area contributed by atoms with Crippen LogP contribution in [0.25, 0.3) is 6.08 Å². The predicted molar refractivity (Wildman–Crippen MR) is 94.8 cm³/mol. The summed E-state index contributed by atoms with van der Waals surface area (Å²) < 4.78 is 15.8. The number of rotatable bonds is 7. The molecule has 24 heavy (non-hydrogen) atoms. The summed E-state index contributed by atoms with van der Waals surface area (Å²) in [5.41, 5.74) is 1.46. The topological polar surface area (TPSA) is 56.8 Å².